The van der Waals surface area contributed by atoms with Crippen molar-refractivity contribution in [2.24, 2.45) is 0 Å². The summed E-state index contributed by atoms with van der Waals surface area (Å²) < 4.78 is 0. The molecule has 0 aromatic heterocycles. The molecule has 0 saturated carbocycles. The van der Waals surface area contributed by atoms with Gasteiger partial charge in [0.1, 0.15) is 0 Å². The van der Waals surface area contributed by atoms with Gasteiger partial charge in [0.25, 0.3) is 0 Å². The molecule has 0 aliphatic carbocycles. The zero-order chi connectivity index (χ0) is 12.8. The molecule has 93 valence electrons. The second kappa shape index (κ2) is 6.39. The lowest BCUT2D eigenvalue weighted by molar-refractivity contribution is 0.729. The Balaban J connectivity index is 1.82. The first-order valence-electron chi connectivity index (χ1n) is 6.78. The summed E-state index contributed by atoms with van der Waals surface area (Å²) in [6.45, 7) is 4.43. The third-order valence-electron chi connectivity index (χ3n) is 3.54. The second-order valence-electron chi connectivity index (χ2n) is 4.97. The first kappa shape index (κ1) is 12.9. The fourth-order valence-corrected chi connectivity index (χ4v) is 2.45. The summed E-state index contributed by atoms with van der Waals surface area (Å²) >= 11 is 0. The Morgan fingerprint density at radius 2 is 1.56 bits per heavy atom. The predicted octanol–water partition coefficient (Wildman–Crippen LogP) is 4.67. The Morgan fingerprint density at radius 1 is 0.833 bits per heavy atom. The van der Waals surface area contributed by atoms with E-state index in [1.165, 1.54) is 41.5 Å². The topological polar surface area (TPSA) is 0 Å². The SMILES string of the molecule is Cc1cccc(C)c1CCCCc1[c]cccc1. The van der Waals surface area contributed by atoms with Crippen LogP contribution in [-0.2, 0) is 12.8 Å². The lowest BCUT2D eigenvalue weighted by Crippen LogP contribution is -1.95. The van der Waals surface area contributed by atoms with Gasteiger partial charge in [-0.3, -0.25) is 0 Å². The molecule has 2 rings (SSSR count). The minimum atomic E-state index is 1.14. The third kappa shape index (κ3) is 3.46. The summed E-state index contributed by atoms with van der Waals surface area (Å²) in [6, 6.07) is 18.2. The van der Waals surface area contributed by atoms with Crippen molar-refractivity contribution < 1.29 is 0 Å². The molecular weight excluding hydrogens is 216 g/mol. The summed E-state index contributed by atoms with van der Waals surface area (Å²) in [4.78, 5) is 0. The number of unbranched alkanes of at least 4 members (excludes halogenated alkanes) is 1. The van der Waals surface area contributed by atoms with Crippen molar-refractivity contribution in [1.29, 1.82) is 0 Å². The molecule has 0 nitrogen and oxygen atoms in total. The number of aryl methyl sites for hydroxylation is 3. The van der Waals surface area contributed by atoms with Gasteiger partial charge in [-0.25, -0.2) is 0 Å². The molecule has 0 bridgehead atoms. The molecule has 0 fully saturated rings. The molecule has 0 heteroatoms. The van der Waals surface area contributed by atoms with E-state index in [2.05, 4.69) is 50.2 Å². The van der Waals surface area contributed by atoms with Crippen LogP contribution in [0.2, 0.25) is 0 Å². The highest BCUT2D eigenvalue weighted by atomic mass is 14.1. The van der Waals surface area contributed by atoms with Gasteiger partial charge < -0.3 is 0 Å². The maximum absolute atomic E-state index is 3.29. The fraction of sp³-hybridized carbons (Fsp3) is 0.333. The standard InChI is InChI=1S/C18H21/c1-15-9-8-10-16(2)18(15)14-7-6-13-17-11-4-3-5-12-17/h3-5,8-11H,6-7,13-14H2,1-2H3. The zero-order valence-corrected chi connectivity index (χ0v) is 11.4. The first-order chi connectivity index (χ1) is 8.77. The molecule has 0 atom stereocenters. The number of hydrogen-bond acceptors (Lipinski definition) is 0. The van der Waals surface area contributed by atoms with E-state index < -0.39 is 0 Å². The molecule has 0 aliphatic heterocycles. The van der Waals surface area contributed by atoms with Gasteiger partial charge in [0.05, 0.1) is 0 Å². The Labute approximate surface area is 111 Å². The summed E-state index contributed by atoms with van der Waals surface area (Å²) in [5.74, 6) is 0. The van der Waals surface area contributed by atoms with Crippen molar-refractivity contribution in [2.45, 2.75) is 39.5 Å². The van der Waals surface area contributed by atoms with Crippen LogP contribution in [0, 0.1) is 19.9 Å². The minimum Gasteiger partial charge on any atom is -0.0620 e. The Bertz CT molecular complexity index is 462. The van der Waals surface area contributed by atoms with Gasteiger partial charge in [-0.05, 0) is 67.9 Å². The molecule has 2 aromatic carbocycles. The average Bonchev–Trinajstić information content (AvgIpc) is 2.38. The van der Waals surface area contributed by atoms with Crippen LogP contribution in [0.4, 0.5) is 0 Å². The molecule has 0 N–H and O–H groups in total. The van der Waals surface area contributed by atoms with Crippen molar-refractivity contribution in [2.75, 3.05) is 0 Å². The van der Waals surface area contributed by atoms with Gasteiger partial charge in [-0.15, -0.1) is 0 Å². The largest absolute Gasteiger partial charge is 0.0620 e. The molecule has 0 heterocycles. The van der Waals surface area contributed by atoms with E-state index in [0.29, 0.717) is 0 Å². The summed E-state index contributed by atoms with van der Waals surface area (Å²) in [6.07, 6.45) is 4.85. The van der Waals surface area contributed by atoms with Crippen LogP contribution < -0.4 is 0 Å². The summed E-state index contributed by atoms with van der Waals surface area (Å²) in [5.41, 5.74) is 5.73. The first-order valence-corrected chi connectivity index (χ1v) is 6.78. The highest BCUT2D eigenvalue weighted by molar-refractivity contribution is 5.33. The van der Waals surface area contributed by atoms with Crippen LogP contribution in [0.5, 0.6) is 0 Å². The van der Waals surface area contributed by atoms with E-state index in [9.17, 15) is 0 Å². The molecule has 0 aliphatic rings. The van der Waals surface area contributed by atoms with Crippen molar-refractivity contribution in [3.8, 4) is 0 Å². The molecule has 0 unspecified atom stereocenters. The fourth-order valence-electron chi connectivity index (χ4n) is 2.45. The van der Waals surface area contributed by atoms with Crippen molar-refractivity contribution in [3.63, 3.8) is 0 Å². The molecular formula is C18H21. The molecule has 1 radical (unpaired) electrons. The predicted molar refractivity (Wildman–Crippen MR) is 77.8 cm³/mol. The number of rotatable bonds is 5. The molecule has 0 spiro atoms. The molecule has 2 aromatic rings. The van der Waals surface area contributed by atoms with Gasteiger partial charge in [0.15, 0.2) is 0 Å². The van der Waals surface area contributed by atoms with Crippen LogP contribution in [0.1, 0.15) is 35.1 Å². The van der Waals surface area contributed by atoms with E-state index in [1.54, 1.807) is 0 Å². The van der Waals surface area contributed by atoms with E-state index in [1.807, 2.05) is 12.1 Å². The highest BCUT2D eigenvalue weighted by Gasteiger charge is 2.01. The van der Waals surface area contributed by atoms with Crippen LogP contribution in [-0.4, -0.2) is 0 Å². The Kier molecular flexibility index (Phi) is 4.58. The zero-order valence-electron chi connectivity index (χ0n) is 11.4. The summed E-state index contributed by atoms with van der Waals surface area (Å²) in [7, 11) is 0. The van der Waals surface area contributed by atoms with E-state index in [-0.39, 0.29) is 0 Å². The Hall–Kier alpha value is -1.56. The number of benzene rings is 2. The smallest absolute Gasteiger partial charge is 0.0149 e. The van der Waals surface area contributed by atoms with Crippen molar-refractivity contribution in [3.05, 3.63) is 70.8 Å². The van der Waals surface area contributed by atoms with Crippen molar-refractivity contribution >= 4 is 0 Å². The summed E-state index contributed by atoms with van der Waals surface area (Å²) in [5, 5.41) is 0. The lowest BCUT2D eigenvalue weighted by atomic mass is 9.97. The van der Waals surface area contributed by atoms with Gasteiger partial charge in [-0.1, -0.05) is 42.5 Å². The minimum absolute atomic E-state index is 1.14. The second-order valence-corrected chi connectivity index (χ2v) is 4.97. The average molecular weight is 237 g/mol. The van der Waals surface area contributed by atoms with E-state index >= 15 is 0 Å². The van der Waals surface area contributed by atoms with E-state index in [0.717, 1.165) is 6.42 Å². The normalized spacial score (nSPS) is 10.6. The molecule has 18 heavy (non-hydrogen) atoms. The quantitative estimate of drug-likeness (QED) is 0.663. The van der Waals surface area contributed by atoms with Crippen LogP contribution in [0.15, 0.2) is 42.5 Å². The van der Waals surface area contributed by atoms with Crippen LogP contribution >= 0.6 is 0 Å². The van der Waals surface area contributed by atoms with Crippen LogP contribution in [0.25, 0.3) is 0 Å². The maximum atomic E-state index is 3.29. The lowest BCUT2D eigenvalue weighted by Gasteiger charge is -2.09. The molecule has 0 saturated heterocycles. The van der Waals surface area contributed by atoms with Gasteiger partial charge in [0, 0.05) is 0 Å². The van der Waals surface area contributed by atoms with Gasteiger partial charge in [-0.2, -0.15) is 0 Å². The van der Waals surface area contributed by atoms with Crippen LogP contribution in [0.3, 0.4) is 0 Å². The maximum Gasteiger partial charge on any atom is -0.0149 e. The Morgan fingerprint density at radius 3 is 2.22 bits per heavy atom. The van der Waals surface area contributed by atoms with Gasteiger partial charge in [0.2, 0.25) is 0 Å². The monoisotopic (exact) mass is 237 g/mol. The van der Waals surface area contributed by atoms with Crippen molar-refractivity contribution in [1.82, 2.24) is 0 Å². The highest BCUT2D eigenvalue weighted by Crippen LogP contribution is 2.16. The van der Waals surface area contributed by atoms with Gasteiger partial charge >= 0.3 is 0 Å². The number of hydrogen-bond donors (Lipinski definition) is 0. The third-order valence-corrected chi connectivity index (χ3v) is 3.54. The molecule has 0 amide bonds. The van der Waals surface area contributed by atoms with E-state index in [4.69, 9.17) is 0 Å².